The molecule has 1 unspecified atom stereocenters. The van der Waals surface area contributed by atoms with Crippen molar-refractivity contribution >= 4 is 10.1 Å². The first-order chi connectivity index (χ1) is 8.79. The summed E-state index contributed by atoms with van der Waals surface area (Å²) >= 11 is 0. The molecule has 4 nitrogen and oxygen atoms in total. The molecule has 106 valence electrons. The van der Waals surface area contributed by atoms with E-state index in [1.165, 1.54) is 12.1 Å². The summed E-state index contributed by atoms with van der Waals surface area (Å²) in [5, 5.41) is 0. The number of benzene rings is 1. The summed E-state index contributed by atoms with van der Waals surface area (Å²) in [7, 11) is -5.63. The van der Waals surface area contributed by atoms with E-state index < -0.39 is 15.6 Å². The van der Waals surface area contributed by atoms with Crippen LogP contribution in [0, 0.1) is 0 Å². The van der Waals surface area contributed by atoms with Crippen LogP contribution in [0.2, 0.25) is 0 Å². The Balaban J connectivity index is 2.20. The van der Waals surface area contributed by atoms with Gasteiger partial charge < -0.3 is 8.92 Å². The highest BCUT2D eigenvalue weighted by Crippen LogP contribution is 2.32. The third-order valence-electron chi connectivity index (χ3n) is 2.65. The minimum Gasteiger partial charge on any atom is -0.376 e. The molecule has 1 heterocycles. The van der Waals surface area contributed by atoms with Gasteiger partial charge in [-0.15, -0.1) is 0 Å². The van der Waals surface area contributed by atoms with Gasteiger partial charge in [0.15, 0.2) is 0 Å². The molecule has 0 radical (unpaired) electrons. The Hall–Kier alpha value is -1.28. The topological polar surface area (TPSA) is 52.6 Å². The predicted octanol–water partition coefficient (Wildman–Crippen LogP) is 2.77. The van der Waals surface area contributed by atoms with Crippen LogP contribution in [-0.4, -0.2) is 20.5 Å². The van der Waals surface area contributed by atoms with Gasteiger partial charge in [0, 0.05) is 6.61 Å². The molecule has 1 saturated heterocycles. The Kier molecular flexibility index (Phi) is 3.73. The summed E-state index contributed by atoms with van der Waals surface area (Å²) < 4.78 is 67.7. The molecule has 1 aliphatic rings. The number of hydrogen-bond acceptors (Lipinski definition) is 4. The molecule has 0 saturated carbocycles. The van der Waals surface area contributed by atoms with Crippen LogP contribution in [0.4, 0.5) is 13.2 Å². The summed E-state index contributed by atoms with van der Waals surface area (Å²) in [6.45, 7) is 0.580. The summed E-state index contributed by atoms with van der Waals surface area (Å²) in [4.78, 5) is 0. The Bertz CT molecular complexity index is 547. The quantitative estimate of drug-likeness (QED) is 0.636. The fraction of sp³-hybridized carbons (Fsp3) is 0.455. The van der Waals surface area contributed by atoms with Crippen molar-refractivity contribution in [3.63, 3.8) is 0 Å². The van der Waals surface area contributed by atoms with Crippen molar-refractivity contribution < 1.29 is 30.5 Å². The fourth-order valence-electron chi connectivity index (χ4n) is 1.78. The summed E-state index contributed by atoms with van der Waals surface area (Å²) in [5.41, 5.74) is -4.83. The normalized spacial score (nSPS) is 20.5. The number of alkyl halides is 3. The molecule has 0 aromatic heterocycles. The lowest BCUT2D eigenvalue weighted by molar-refractivity contribution is -0.0500. The van der Waals surface area contributed by atoms with Crippen molar-refractivity contribution in [2.75, 3.05) is 6.61 Å². The Morgan fingerprint density at radius 3 is 2.63 bits per heavy atom. The minimum atomic E-state index is -5.63. The van der Waals surface area contributed by atoms with Crippen molar-refractivity contribution in [1.29, 1.82) is 0 Å². The number of hydrogen-bond donors (Lipinski definition) is 0. The second-order valence-electron chi connectivity index (χ2n) is 4.06. The Morgan fingerprint density at radius 2 is 2.05 bits per heavy atom. The van der Waals surface area contributed by atoms with Crippen LogP contribution in [0.5, 0.6) is 5.75 Å². The average Bonchev–Trinajstić information content (AvgIpc) is 2.80. The first-order valence-electron chi connectivity index (χ1n) is 5.52. The molecule has 1 aromatic rings. The second kappa shape index (κ2) is 5.01. The molecule has 1 aliphatic heterocycles. The molecule has 1 atom stereocenters. The lowest BCUT2D eigenvalue weighted by Gasteiger charge is -2.13. The fourth-order valence-corrected chi connectivity index (χ4v) is 2.23. The molecular formula is C11H11F3O4S. The van der Waals surface area contributed by atoms with E-state index in [0.29, 0.717) is 12.2 Å². The molecular weight excluding hydrogens is 285 g/mol. The van der Waals surface area contributed by atoms with Gasteiger partial charge in [0.1, 0.15) is 5.75 Å². The van der Waals surface area contributed by atoms with Gasteiger partial charge in [-0.1, -0.05) is 12.1 Å². The van der Waals surface area contributed by atoms with Gasteiger partial charge in [0.05, 0.1) is 6.10 Å². The highest BCUT2D eigenvalue weighted by molar-refractivity contribution is 7.87. The minimum absolute atomic E-state index is 0.225. The molecule has 2 rings (SSSR count). The van der Waals surface area contributed by atoms with Crippen molar-refractivity contribution in [2.24, 2.45) is 0 Å². The van der Waals surface area contributed by atoms with Gasteiger partial charge in [0.2, 0.25) is 0 Å². The summed E-state index contributed by atoms with van der Waals surface area (Å²) in [6, 6.07) is 5.49. The highest BCUT2D eigenvalue weighted by Gasteiger charge is 2.48. The van der Waals surface area contributed by atoms with E-state index >= 15 is 0 Å². The lowest BCUT2D eigenvalue weighted by Crippen LogP contribution is -2.28. The monoisotopic (exact) mass is 296 g/mol. The third-order valence-corrected chi connectivity index (χ3v) is 3.63. The molecule has 1 aromatic carbocycles. The maximum atomic E-state index is 12.2. The van der Waals surface area contributed by atoms with Gasteiger partial charge in [-0.05, 0) is 30.5 Å². The van der Waals surface area contributed by atoms with E-state index in [2.05, 4.69) is 4.18 Å². The summed E-state index contributed by atoms with van der Waals surface area (Å²) in [5.74, 6) is -0.370. The predicted molar refractivity (Wildman–Crippen MR) is 60.0 cm³/mol. The van der Waals surface area contributed by atoms with E-state index in [4.69, 9.17) is 4.74 Å². The average molecular weight is 296 g/mol. The van der Waals surface area contributed by atoms with Crippen molar-refractivity contribution in [3.8, 4) is 5.75 Å². The molecule has 0 N–H and O–H groups in total. The zero-order valence-corrected chi connectivity index (χ0v) is 10.5. The van der Waals surface area contributed by atoms with E-state index in [1.807, 2.05) is 0 Å². The van der Waals surface area contributed by atoms with Gasteiger partial charge in [-0.3, -0.25) is 0 Å². The third kappa shape index (κ3) is 3.19. The van der Waals surface area contributed by atoms with Gasteiger partial charge in [-0.2, -0.15) is 21.6 Å². The van der Waals surface area contributed by atoms with Crippen molar-refractivity contribution in [3.05, 3.63) is 29.8 Å². The Labute approximate surface area is 108 Å². The van der Waals surface area contributed by atoms with Crippen LogP contribution < -0.4 is 4.18 Å². The first kappa shape index (κ1) is 14.1. The molecule has 8 heteroatoms. The molecule has 1 fully saturated rings. The number of ether oxygens (including phenoxy) is 1. The van der Waals surface area contributed by atoms with Gasteiger partial charge in [0.25, 0.3) is 0 Å². The number of halogens is 3. The van der Waals surface area contributed by atoms with Crippen molar-refractivity contribution in [2.45, 2.75) is 24.5 Å². The van der Waals surface area contributed by atoms with Crippen LogP contribution in [-0.2, 0) is 14.9 Å². The second-order valence-corrected chi connectivity index (χ2v) is 5.60. The van der Waals surface area contributed by atoms with Gasteiger partial charge >= 0.3 is 15.6 Å². The van der Waals surface area contributed by atoms with Crippen LogP contribution in [0.15, 0.2) is 24.3 Å². The molecule has 0 bridgehead atoms. The smallest absolute Gasteiger partial charge is 0.376 e. The zero-order valence-electron chi connectivity index (χ0n) is 9.68. The number of rotatable bonds is 3. The van der Waals surface area contributed by atoms with E-state index in [9.17, 15) is 21.6 Å². The standard InChI is InChI=1S/C11H11F3O4S/c12-11(13,14)19(15,16)18-9-4-1-3-8(7-9)10-5-2-6-17-10/h1,3-4,7,10H,2,5-6H2. The first-order valence-corrected chi connectivity index (χ1v) is 6.93. The van der Waals surface area contributed by atoms with Crippen LogP contribution in [0.1, 0.15) is 24.5 Å². The molecule has 0 amide bonds. The summed E-state index contributed by atoms with van der Waals surface area (Å²) in [6.07, 6.45) is 1.38. The maximum Gasteiger partial charge on any atom is 0.534 e. The molecule has 0 aliphatic carbocycles. The van der Waals surface area contributed by atoms with Crippen molar-refractivity contribution in [1.82, 2.24) is 0 Å². The SMILES string of the molecule is O=S(=O)(Oc1cccc(C2CCCO2)c1)C(F)(F)F. The van der Waals surface area contributed by atoms with Gasteiger partial charge in [-0.25, -0.2) is 0 Å². The largest absolute Gasteiger partial charge is 0.534 e. The van der Waals surface area contributed by atoms with Crippen LogP contribution in [0.3, 0.4) is 0 Å². The van der Waals surface area contributed by atoms with E-state index in [-0.39, 0.29) is 11.9 Å². The highest BCUT2D eigenvalue weighted by atomic mass is 32.2. The van der Waals surface area contributed by atoms with E-state index in [0.717, 1.165) is 18.9 Å². The van der Waals surface area contributed by atoms with Crippen LogP contribution in [0.25, 0.3) is 0 Å². The van der Waals surface area contributed by atoms with Crippen LogP contribution >= 0.6 is 0 Å². The van der Waals surface area contributed by atoms with E-state index in [1.54, 1.807) is 6.07 Å². The molecule has 19 heavy (non-hydrogen) atoms. The Morgan fingerprint density at radius 1 is 1.32 bits per heavy atom. The maximum absolute atomic E-state index is 12.2. The lowest BCUT2D eigenvalue weighted by atomic mass is 10.1. The zero-order chi connectivity index (χ0) is 14.1. The molecule has 0 spiro atoms.